The molecule has 0 aliphatic heterocycles. The fourth-order valence-corrected chi connectivity index (χ4v) is 3.87. The van der Waals surface area contributed by atoms with E-state index in [1.54, 1.807) is 45.4 Å². The summed E-state index contributed by atoms with van der Waals surface area (Å²) in [5, 5.41) is 9.18. The minimum absolute atomic E-state index is 0.117. The van der Waals surface area contributed by atoms with E-state index in [1.807, 2.05) is 6.07 Å². The van der Waals surface area contributed by atoms with Gasteiger partial charge in [0.15, 0.2) is 4.34 Å². The maximum atomic E-state index is 11.9. The first-order chi connectivity index (χ1) is 9.97. The van der Waals surface area contributed by atoms with Crippen molar-refractivity contribution in [3.8, 4) is 0 Å². The van der Waals surface area contributed by atoms with Crippen LogP contribution in [0.2, 0.25) is 0 Å². The van der Waals surface area contributed by atoms with E-state index in [0.717, 1.165) is 10.8 Å². The number of amides is 2. The van der Waals surface area contributed by atoms with E-state index in [4.69, 9.17) is 4.42 Å². The zero-order valence-corrected chi connectivity index (χ0v) is 14.1. The normalized spacial score (nSPS) is 12.2. The summed E-state index contributed by atoms with van der Waals surface area (Å²) in [6, 6.07) is 1.85. The molecule has 6 nitrogen and oxygen atoms in total. The van der Waals surface area contributed by atoms with Crippen molar-refractivity contribution in [3.05, 3.63) is 24.2 Å². The van der Waals surface area contributed by atoms with Crippen LogP contribution >= 0.6 is 23.1 Å². The van der Waals surface area contributed by atoms with Crippen LogP contribution in [0.3, 0.4) is 0 Å². The lowest BCUT2D eigenvalue weighted by atomic mass is 10.2. The number of carbonyl (C=O) groups excluding carboxylic acids is 1. The lowest BCUT2D eigenvalue weighted by Gasteiger charge is -2.18. The third-order valence-corrected chi connectivity index (χ3v) is 4.94. The average molecular weight is 326 g/mol. The second-order valence-electron chi connectivity index (χ2n) is 4.85. The predicted octanol–water partition coefficient (Wildman–Crippen LogP) is 2.97. The maximum Gasteiger partial charge on any atom is 0.325 e. The number of furan rings is 1. The molecular weight excluding hydrogens is 308 g/mol. The molecule has 21 heavy (non-hydrogen) atoms. The molecule has 2 aromatic heterocycles. The second kappa shape index (κ2) is 6.95. The number of anilines is 1. The number of hydrogen-bond acceptors (Lipinski definition) is 6. The molecule has 0 bridgehead atoms. The second-order valence-corrected chi connectivity index (χ2v) is 7.49. The quantitative estimate of drug-likeness (QED) is 0.624. The highest BCUT2D eigenvalue weighted by Gasteiger charge is 2.18. The molecule has 0 spiro atoms. The largest absolute Gasteiger partial charge is 0.472 e. The van der Waals surface area contributed by atoms with Crippen molar-refractivity contribution >= 4 is 34.3 Å². The Morgan fingerprint density at radius 2 is 2.19 bits per heavy atom. The van der Waals surface area contributed by atoms with Gasteiger partial charge in [0.25, 0.3) is 0 Å². The predicted molar refractivity (Wildman–Crippen MR) is 85.1 cm³/mol. The Kier molecular flexibility index (Phi) is 5.24. The fourth-order valence-electron chi connectivity index (χ4n) is 1.72. The molecule has 2 amide bonds. The summed E-state index contributed by atoms with van der Waals surface area (Å²) >= 11 is 3.08. The van der Waals surface area contributed by atoms with Gasteiger partial charge in [-0.15, -0.1) is 10.2 Å². The SMILES string of the molecule is CC(Cc1ccoc1)Sc1nnc(N(C)C(=O)N(C)C)s1. The van der Waals surface area contributed by atoms with Gasteiger partial charge in [-0.25, -0.2) is 4.79 Å². The highest BCUT2D eigenvalue weighted by atomic mass is 32.2. The Morgan fingerprint density at radius 3 is 2.81 bits per heavy atom. The summed E-state index contributed by atoms with van der Waals surface area (Å²) in [6.07, 6.45) is 4.34. The Labute approximate surface area is 132 Å². The molecule has 2 aromatic rings. The maximum absolute atomic E-state index is 11.9. The van der Waals surface area contributed by atoms with Gasteiger partial charge in [0.1, 0.15) is 0 Å². The molecule has 0 fully saturated rings. The summed E-state index contributed by atoms with van der Waals surface area (Å²) in [6.45, 7) is 2.13. The highest BCUT2D eigenvalue weighted by Crippen LogP contribution is 2.31. The van der Waals surface area contributed by atoms with Crippen LogP contribution in [0.15, 0.2) is 27.3 Å². The standard InChI is InChI=1S/C13H18N4O2S2/c1-9(7-10-5-6-19-8-10)20-12-15-14-11(21-12)17(4)13(18)16(2)3/h5-6,8-9H,7H2,1-4H3. The molecule has 0 N–H and O–H groups in total. The first-order valence-electron chi connectivity index (χ1n) is 6.43. The van der Waals surface area contributed by atoms with Gasteiger partial charge < -0.3 is 9.32 Å². The smallest absolute Gasteiger partial charge is 0.325 e. The zero-order chi connectivity index (χ0) is 15.4. The highest BCUT2D eigenvalue weighted by molar-refractivity contribution is 8.01. The van der Waals surface area contributed by atoms with Crippen molar-refractivity contribution in [2.75, 3.05) is 26.0 Å². The number of rotatable bonds is 5. The Balaban J connectivity index is 1.95. The minimum Gasteiger partial charge on any atom is -0.472 e. The van der Waals surface area contributed by atoms with Gasteiger partial charge in [-0.2, -0.15) is 0 Å². The van der Waals surface area contributed by atoms with Crippen LogP contribution in [0.4, 0.5) is 9.93 Å². The lowest BCUT2D eigenvalue weighted by molar-refractivity contribution is 0.225. The number of urea groups is 1. The number of nitrogens with zero attached hydrogens (tertiary/aromatic N) is 4. The van der Waals surface area contributed by atoms with E-state index >= 15 is 0 Å². The van der Waals surface area contributed by atoms with Gasteiger partial charge in [0, 0.05) is 26.4 Å². The van der Waals surface area contributed by atoms with Crippen molar-refractivity contribution < 1.29 is 9.21 Å². The molecule has 0 aromatic carbocycles. The molecule has 0 aliphatic carbocycles. The molecular formula is C13H18N4O2S2. The van der Waals surface area contributed by atoms with Crippen LogP contribution in [0.5, 0.6) is 0 Å². The van der Waals surface area contributed by atoms with Crippen molar-refractivity contribution in [2.24, 2.45) is 0 Å². The van der Waals surface area contributed by atoms with Crippen LogP contribution in [0, 0.1) is 0 Å². The van der Waals surface area contributed by atoms with Gasteiger partial charge in [-0.1, -0.05) is 30.0 Å². The van der Waals surface area contributed by atoms with Crippen LogP contribution < -0.4 is 4.90 Å². The minimum atomic E-state index is -0.117. The molecule has 114 valence electrons. The van der Waals surface area contributed by atoms with E-state index in [-0.39, 0.29) is 6.03 Å². The fraction of sp³-hybridized carbons (Fsp3) is 0.462. The van der Waals surface area contributed by atoms with Crippen molar-refractivity contribution in [2.45, 2.75) is 22.9 Å². The summed E-state index contributed by atoms with van der Waals surface area (Å²) in [4.78, 5) is 14.9. The molecule has 2 heterocycles. The number of hydrogen-bond donors (Lipinski definition) is 0. The van der Waals surface area contributed by atoms with E-state index < -0.39 is 0 Å². The summed E-state index contributed by atoms with van der Waals surface area (Å²) in [5.74, 6) is 0. The zero-order valence-electron chi connectivity index (χ0n) is 12.4. The Bertz CT molecular complexity index is 583. The number of thioether (sulfide) groups is 1. The summed E-state index contributed by atoms with van der Waals surface area (Å²) < 4.78 is 5.93. The summed E-state index contributed by atoms with van der Waals surface area (Å²) in [5.41, 5.74) is 1.17. The number of aromatic nitrogens is 2. The molecule has 0 saturated heterocycles. The van der Waals surface area contributed by atoms with Crippen LogP contribution in [-0.2, 0) is 6.42 Å². The summed E-state index contributed by atoms with van der Waals surface area (Å²) in [7, 11) is 5.12. The van der Waals surface area contributed by atoms with E-state index in [1.165, 1.54) is 26.7 Å². The molecule has 0 radical (unpaired) electrons. The topological polar surface area (TPSA) is 62.5 Å². The Morgan fingerprint density at radius 1 is 1.43 bits per heavy atom. The third-order valence-electron chi connectivity index (χ3n) is 2.76. The average Bonchev–Trinajstić information content (AvgIpc) is 3.08. The van der Waals surface area contributed by atoms with E-state index in [2.05, 4.69) is 17.1 Å². The van der Waals surface area contributed by atoms with Crippen LogP contribution in [0.1, 0.15) is 12.5 Å². The first-order valence-corrected chi connectivity index (χ1v) is 8.13. The van der Waals surface area contributed by atoms with Crippen molar-refractivity contribution in [1.82, 2.24) is 15.1 Å². The third kappa shape index (κ3) is 4.21. The molecule has 0 saturated carbocycles. The monoisotopic (exact) mass is 326 g/mol. The molecule has 1 atom stereocenters. The van der Waals surface area contributed by atoms with Gasteiger partial charge in [-0.05, 0) is 18.1 Å². The van der Waals surface area contributed by atoms with Gasteiger partial charge in [-0.3, -0.25) is 4.90 Å². The van der Waals surface area contributed by atoms with E-state index in [0.29, 0.717) is 10.4 Å². The van der Waals surface area contributed by atoms with Gasteiger partial charge in [0.2, 0.25) is 5.13 Å². The van der Waals surface area contributed by atoms with Crippen LogP contribution in [-0.4, -0.2) is 47.5 Å². The molecule has 2 rings (SSSR count). The van der Waals surface area contributed by atoms with Crippen molar-refractivity contribution in [1.29, 1.82) is 0 Å². The molecule has 0 aliphatic rings. The van der Waals surface area contributed by atoms with Gasteiger partial charge in [0.05, 0.1) is 12.5 Å². The van der Waals surface area contributed by atoms with Gasteiger partial charge >= 0.3 is 6.03 Å². The first kappa shape index (κ1) is 15.8. The molecule has 1 unspecified atom stereocenters. The van der Waals surface area contributed by atoms with E-state index in [9.17, 15) is 4.79 Å². The van der Waals surface area contributed by atoms with Crippen LogP contribution in [0.25, 0.3) is 0 Å². The lowest BCUT2D eigenvalue weighted by Crippen LogP contribution is -2.36. The Hall–Kier alpha value is -1.54. The number of carbonyl (C=O) groups is 1. The van der Waals surface area contributed by atoms with Crippen molar-refractivity contribution in [3.63, 3.8) is 0 Å². The molecule has 8 heteroatoms.